The van der Waals surface area contributed by atoms with Gasteiger partial charge >= 0.3 is 11.7 Å². The van der Waals surface area contributed by atoms with Crippen molar-refractivity contribution in [3.8, 4) is 5.75 Å². The number of fused-ring (bicyclic) bond motifs is 1. The molecule has 148 valence electrons. The predicted octanol–water partition coefficient (Wildman–Crippen LogP) is 1.97. The first kappa shape index (κ1) is 19.5. The fourth-order valence-electron chi connectivity index (χ4n) is 2.57. The molecule has 0 unspecified atom stereocenters. The van der Waals surface area contributed by atoms with Crippen molar-refractivity contribution in [2.45, 2.75) is 18.4 Å². The number of esters is 1. The van der Waals surface area contributed by atoms with Gasteiger partial charge in [0.2, 0.25) is 0 Å². The van der Waals surface area contributed by atoms with Gasteiger partial charge in [-0.15, -0.1) is 0 Å². The number of anilines is 1. The summed E-state index contributed by atoms with van der Waals surface area (Å²) in [6.07, 6.45) is 0. The van der Waals surface area contributed by atoms with E-state index >= 15 is 0 Å². The Morgan fingerprint density at radius 3 is 2.54 bits per heavy atom. The molecule has 0 aliphatic carbocycles. The van der Waals surface area contributed by atoms with Crippen molar-refractivity contribution >= 4 is 32.8 Å². The number of methoxy groups -OCH3 is 1. The highest BCUT2D eigenvalue weighted by Crippen LogP contribution is 2.22. The normalized spacial score (nSPS) is 11.4. The molecule has 3 rings (SSSR count). The van der Waals surface area contributed by atoms with Crippen molar-refractivity contribution in [2.75, 3.05) is 18.4 Å². The molecule has 0 saturated heterocycles. The Labute approximate surface area is 160 Å². The number of hydrogen-bond acceptors (Lipinski definition) is 7. The first-order chi connectivity index (χ1) is 13.3. The van der Waals surface area contributed by atoms with Gasteiger partial charge in [0.15, 0.2) is 5.58 Å². The Balaban J connectivity index is 1.90. The minimum Gasteiger partial charge on any atom is -0.497 e. The van der Waals surface area contributed by atoms with E-state index < -0.39 is 21.7 Å². The first-order valence-electron chi connectivity index (χ1n) is 8.30. The number of sulfonamides is 1. The molecule has 9 nitrogen and oxygen atoms in total. The second-order valence-corrected chi connectivity index (χ2v) is 7.41. The molecule has 0 radical (unpaired) electrons. The average Bonchev–Trinajstić information content (AvgIpc) is 2.97. The summed E-state index contributed by atoms with van der Waals surface area (Å²) in [5, 5.41) is 0. The van der Waals surface area contributed by atoms with E-state index in [2.05, 4.69) is 4.72 Å². The van der Waals surface area contributed by atoms with Crippen LogP contribution in [0.5, 0.6) is 5.75 Å². The molecule has 3 aromatic rings. The van der Waals surface area contributed by atoms with Crippen LogP contribution in [0.2, 0.25) is 0 Å². The van der Waals surface area contributed by atoms with Crippen LogP contribution in [0.25, 0.3) is 11.1 Å². The SMILES string of the molecule is CCOC(=O)Cn1c(=O)oc2cc(S(=O)(=O)Nc3ccc(OC)cc3)ccc21. The van der Waals surface area contributed by atoms with Gasteiger partial charge in [-0.2, -0.15) is 0 Å². The fourth-order valence-corrected chi connectivity index (χ4v) is 3.65. The van der Waals surface area contributed by atoms with Gasteiger partial charge in [0.1, 0.15) is 12.3 Å². The van der Waals surface area contributed by atoms with Crippen molar-refractivity contribution in [1.82, 2.24) is 4.57 Å². The number of carbonyl (C=O) groups excluding carboxylic acids is 1. The number of rotatable bonds is 7. The van der Waals surface area contributed by atoms with E-state index in [9.17, 15) is 18.0 Å². The van der Waals surface area contributed by atoms with Crippen LogP contribution in [-0.2, 0) is 26.1 Å². The van der Waals surface area contributed by atoms with Gasteiger partial charge in [-0.1, -0.05) is 0 Å². The average molecular weight is 406 g/mol. The van der Waals surface area contributed by atoms with Crippen LogP contribution in [0.4, 0.5) is 5.69 Å². The van der Waals surface area contributed by atoms with Crippen molar-refractivity contribution in [3.05, 3.63) is 53.0 Å². The molecule has 0 spiro atoms. The van der Waals surface area contributed by atoms with Gasteiger partial charge in [0.05, 0.1) is 24.1 Å². The summed E-state index contributed by atoms with van der Waals surface area (Å²) in [5.74, 6) is -0.778. The minimum atomic E-state index is -3.91. The minimum absolute atomic E-state index is 0.0481. The van der Waals surface area contributed by atoms with E-state index in [0.29, 0.717) is 17.0 Å². The van der Waals surface area contributed by atoms with Gasteiger partial charge < -0.3 is 13.9 Å². The second-order valence-electron chi connectivity index (χ2n) is 5.72. The Morgan fingerprint density at radius 2 is 1.89 bits per heavy atom. The molecule has 0 aliphatic heterocycles. The lowest BCUT2D eigenvalue weighted by Gasteiger charge is -2.09. The van der Waals surface area contributed by atoms with Crippen LogP contribution in [0.3, 0.4) is 0 Å². The molecule has 1 heterocycles. The van der Waals surface area contributed by atoms with E-state index in [1.54, 1.807) is 31.2 Å². The molecule has 0 aliphatic rings. The number of hydrogen-bond donors (Lipinski definition) is 1. The molecule has 0 fully saturated rings. The van der Waals surface area contributed by atoms with Crippen molar-refractivity contribution < 1.29 is 27.1 Å². The quantitative estimate of drug-likeness (QED) is 0.596. The van der Waals surface area contributed by atoms with Gasteiger partial charge in [-0.05, 0) is 43.3 Å². The summed E-state index contributed by atoms with van der Waals surface area (Å²) in [6.45, 7) is 1.51. The summed E-state index contributed by atoms with van der Waals surface area (Å²) in [7, 11) is -2.40. The second kappa shape index (κ2) is 7.77. The van der Waals surface area contributed by atoms with Gasteiger partial charge in [-0.3, -0.25) is 14.1 Å². The highest BCUT2D eigenvalue weighted by atomic mass is 32.2. The molecular weight excluding hydrogens is 388 g/mol. The van der Waals surface area contributed by atoms with Gasteiger partial charge in [0.25, 0.3) is 10.0 Å². The van der Waals surface area contributed by atoms with Gasteiger partial charge in [-0.25, -0.2) is 13.2 Å². The maximum atomic E-state index is 12.6. The third-order valence-corrected chi connectivity index (χ3v) is 5.26. The third-order valence-electron chi connectivity index (χ3n) is 3.88. The van der Waals surface area contributed by atoms with Crippen LogP contribution < -0.4 is 15.2 Å². The van der Waals surface area contributed by atoms with E-state index in [1.165, 1.54) is 25.3 Å². The van der Waals surface area contributed by atoms with E-state index in [4.69, 9.17) is 13.9 Å². The summed E-state index contributed by atoms with van der Waals surface area (Å²) in [5.41, 5.74) is 0.690. The number of ether oxygens (including phenoxy) is 2. The van der Waals surface area contributed by atoms with Crippen molar-refractivity contribution in [2.24, 2.45) is 0 Å². The van der Waals surface area contributed by atoms with E-state index in [-0.39, 0.29) is 23.6 Å². The molecule has 10 heteroatoms. The molecule has 1 N–H and O–H groups in total. The molecule has 0 atom stereocenters. The zero-order valence-corrected chi connectivity index (χ0v) is 16.0. The largest absolute Gasteiger partial charge is 0.497 e. The molecule has 0 saturated carbocycles. The Morgan fingerprint density at radius 1 is 1.18 bits per heavy atom. The summed E-state index contributed by atoms with van der Waals surface area (Å²) < 4.78 is 43.7. The van der Waals surface area contributed by atoms with Crippen LogP contribution in [0.1, 0.15) is 6.92 Å². The number of nitrogens with one attached hydrogen (secondary N) is 1. The van der Waals surface area contributed by atoms with E-state index in [0.717, 1.165) is 4.57 Å². The summed E-state index contributed by atoms with van der Waals surface area (Å²) in [4.78, 5) is 23.6. The number of carbonyl (C=O) groups is 1. The van der Waals surface area contributed by atoms with E-state index in [1.807, 2.05) is 0 Å². The highest BCUT2D eigenvalue weighted by molar-refractivity contribution is 7.92. The third kappa shape index (κ3) is 4.01. The lowest BCUT2D eigenvalue weighted by molar-refractivity contribution is -0.143. The lowest BCUT2D eigenvalue weighted by Crippen LogP contribution is -2.21. The summed E-state index contributed by atoms with van der Waals surface area (Å²) in [6, 6.07) is 10.3. The Bertz CT molecular complexity index is 1160. The molecule has 1 aromatic heterocycles. The number of aromatic nitrogens is 1. The van der Waals surface area contributed by atoms with Crippen LogP contribution >= 0.6 is 0 Å². The van der Waals surface area contributed by atoms with Crippen molar-refractivity contribution in [1.29, 1.82) is 0 Å². The zero-order chi connectivity index (χ0) is 20.3. The van der Waals surface area contributed by atoms with Crippen molar-refractivity contribution in [3.63, 3.8) is 0 Å². The predicted molar refractivity (Wildman–Crippen MR) is 101 cm³/mol. The number of oxazole rings is 1. The molecule has 0 amide bonds. The standard InChI is InChI=1S/C18H18N2O7S/c1-3-26-17(21)11-20-15-9-8-14(10-16(15)27-18(20)22)28(23,24)19-12-4-6-13(25-2)7-5-12/h4-10,19H,3,11H2,1-2H3. The van der Waals surface area contributed by atoms with Crippen LogP contribution in [-0.4, -0.2) is 32.7 Å². The topological polar surface area (TPSA) is 117 Å². The van der Waals surface area contributed by atoms with Gasteiger partial charge in [0, 0.05) is 11.8 Å². The zero-order valence-electron chi connectivity index (χ0n) is 15.2. The smallest absolute Gasteiger partial charge is 0.420 e. The molecule has 0 bridgehead atoms. The number of benzene rings is 2. The van der Waals surface area contributed by atoms with Crippen LogP contribution in [0, 0.1) is 0 Å². The maximum Gasteiger partial charge on any atom is 0.420 e. The summed E-state index contributed by atoms with van der Waals surface area (Å²) >= 11 is 0. The number of nitrogens with zero attached hydrogens (tertiary/aromatic N) is 1. The van der Waals surface area contributed by atoms with Crippen LogP contribution in [0.15, 0.2) is 56.6 Å². The molecular formula is C18H18N2O7S. The maximum absolute atomic E-state index is 12.6. The first-order valence-corrected chi connectivity index (χ1v) is 9.78. The lowest BCUT2D eigenvalue weighted by atomic mass is 10.3. The Kier molecular flexibility index (Phi) is 5.41. The highest BCUT2D eigenvalue weighted by Gasteiger charge is 2.19. The fraction of sp³-hybridized carbons (Fsp3) is 0.222. The monoisotopic (exact) mass is 406 g/mol. The molecule has 2 aromatic carbocycles. The Hall–Kier alpha value is -3.27. The molecule has 28 heavy (non-hydrogen) atoms.